The molecule has 7 nitrogen and oxygen atoms in total. The van der Waals surface area contributed by atoms with E-state index in [-0.39, 0.29) is 11.8 Å². The first-order valence-electron chi connectivity index (χ1n) is 10.5. The van der Waals surface area contributed by atoms with E-state index in [2.05, 4.69) is 22.5 Å². The SMILES string of the molecule is CCNCCN1CCCc2[nH]c(/C=C3\C(=O)Nc4cc(OC)ccc43)c(C)c2C1=O. The maximum absolute atomic E-state index is 13.2. The number of H-pyrrole nitrogens is 1. The Labute approximate surface area is 176 Å². The molecule has 158 valence electrons. The predicted octanol–water partition coefficient (Wildman–Crippen LogP) is 2.82. The second-order valence-corrected chi connectivity index (χ2v) is 7.69. The molecule has 0 atom stereocenters. The van der Waals surface area contributed by atoms with Gasteiger partial charge in [-0.3, -0.25) is 9.59 Å². The number of nitrogens with one attached hydrogen (secondary N) is 3. The van der Waals surface area contributed by atoms with Crippen molar-refractivity contribution in [2.75, 3.05) is 38.6 Å². The summed E-state index contributed by atoms with van der Waals surface area (Å²) in [5.41, 5.74) is 5.59. The Morgan fingerprint density at radius 2 is 2.13 bits per heavy atom. The van der Waals surface area contributed by atoms with Crippen molar-refractivity contribution >= 4 is 29.2 Å². The Morgan fingerprint density at radius 1 is 1.30 bits per heavy atom. The molecule has 0 bridgehead atoms. The number of rotatable bonds is 6. The molecule has 3 N–H and O–H groups in total. The van der Waals surface area contributed by atoms with Gasteiger partial charge < -0.3 is 25.3 Å². The zero-order chi connectivity index (χ0) is 21.3. The number of methoxy groups -OCH3 is 1. The Kier molecular flexibility index (Phi) is 5.63. The number of fused-ring (bicyclic) bond motifs is 2. The maximum Gasteiger partial charge on any atom is 0.256 e. The van der Waals surface area contributed by atoms with E-state index in [1.165, 1.54) is 0 Å². The van der Waals surface area contributed by atoms with Crippen molar-refractivity contribution in [3.05, 3.63) is 46.3 Å². The van der Waals surface area contributed by atoms with E-state index in [1.54, 1.807) is 7.11 Å². The van der Waals surface area contributed by atoms with E-state index < -0.39 is 0 Å². The zero-order valence-corrected chi connectivity index (χ0v) is 17.7. The molecule has 1 aromatic carbocycles. The monoisotopic (exact) mass is 408 g/mol. The summed E-state index contributed by atoms with van der Waals surface area (Å²) in [7, 11) is 1.60. The Bertz CT molecular complexity index is 1020. The fraction of sp³-hybridized carbons (Fsp3) is 0.391. The molecule has 0 radical (unpaired) electrons. The number of anilines is 1. The van der Waals surface area contributed by atoms with Gasteiger partial charge in [0.1, 0.15) is 5.75 Å². The topological polar surface area (TPSA) is 86.5 Å². The highest BCUT2D eigenvalue weighted by atomic mass is 16.5. The number of aryl methyl sites for hydroxylation is 1. The average molecular weight is 409 g/mol. The van der Waals surface area contributed by atoms with E-state index >= 15 is 0 Å². The van der Waals surface area contributed by atoms with Gasteiger partial charge in [-0.1, -0.05) is 6.92 Å². The summed E-state index contributed by atoms with van der Waals surface area (Å²) in [5.74, 6) is 0.613. The summed E-state index contributed by atoms with van der Waals surface area (Å²) in [6.07, 6.45) is 3.60. The van der Waals surface area contributed by atoms with Crippen LogP contribution in [-0.2, 0) is 11.2 Å². The smallest absolute Gasteiger partial charge is 0.256 e. The number of carbonyl (C=O) groups excluding carboxylic acids is 2. The summed E-state index contributed by atoms with van der Waals surface area (Å²) in [5, 5.41) is 6.18. The number of carbonyl (C=O) groups is 2. The molecule has 2 aromatic rings. The molecule has 1 aromatic heterocycles. The molecule has 2 aliphatic heterocycles. The lowest BCUT2D eigenvalue weighted by Crippen LogP contribution is -2.37. The van der Waals surface area contributed by atoms with E-state index in [9.17, 15) is 9.59 Å². The summed E-state index contributed by atoms with van der Waals surface area (Å²) in [6, 6.07) is 5.54. The molecule has 7 heteroatoms. The summed E-state index contributed by atoms with van der Waals surface area (Å²) < 4.78 is 5.25. The Morgan fingerprint density at radius 3 is 2.90 bits per heavy atom. The average Bonchev–Trinajstić information content (AvgIpc) is 3.16. The van der Waals surface area contributed by atoms with E-state index in [0.29, 0.717) is 17.9 Å². The van der Waals surface area contributed by atoms with Crippen molar-refractivity contribution in [3.8, 4) is 5.75 Å². The number of likely N-dealkylation sites (N-methyl/N-ethyl adjacent to an activating group) is 1. The molecule has 0 fully saturated rings. The Hall–Kier alpha value is -3.06. The second kappa shape index (κ2) is 8.36. The van der Waals surface area contributed by atoms with E-state index in [0.717, 1.165) is 66.2 Å². The van der Waals surface area contributed by atoms with Gasteiger partial charge in [-0.15, -0.1) is 0 Å². The van der Waals surface area contributed by atoms with Crippen LogP contribution in [0.3, 0.4) is 0 Å². The summed E-state index contributed by atoms with van der Waals surface area (Å²) in [4.78, 5) is 31.1. The summed E-state index contributed by atoms with van der Waals surface area (Å²) in [6.45, 7) is 7.16. The normalized spacial score (nSPS) is 17.0. The number of aromatic amines is 1. The number of amides is 2. The molecule has 4 rings (SSSR count). The largest absolute Gasteiger partial charge is 0.497 e. The molecule has 30 heavy (non-hydrogen) atoms. The standard InChI is InChI=1S/C23H28N4O3/c1-4-24-9-11-27-10-5-6-18-21(23(27)29)14(2)19(25-18)13-17-16-8-7-15(30-3)12-20(16)26-22(17)28/h7-8,12-13,24-25H,4-6,9-11H2,1-3H3,(H,26,28)/b17-13-. The quantitative estimate of drug-likeness (QED) is 0.507. The Balaban J connectivity index is 1.67. The van der Waals surface area contributed by atoms with Gasteiger partial charge in [0.05, 0.1) is 23.9 Å². The number of hydrogen-bond acceptors (Lipinski definition) is 4. The lowest BCUT2D eigenvalue weighted by atomic mass is 10.0. The van der Waals surface area contributed by atoms with Gasteiger partial charge in [-0.05, 0) is 50.1 Å². The molecule has 0 saturated carbocycles. The van der Waals surface area contributed by atoms with Crippen LogP contribution in [0.25, 0.3) is 11.6 Å². The van der Waals surface area contributed by atoms with Crippen LogP contribution in [0.15, 0.2) is 18.2 Å². The lowest BCUT2D eigenvalue weighted by Gasteiger charge is -2.21. The minimum atomic E-state index is -0.152. The number of hydrogen-bond donors (Lipinski definition) is 3. The highest BCUT2D eigenvalue weighted by molar-refractivity contribution is 6.35. The van der Waals surface area contributed by atoms with Crippen molar-refractivity contribution in [2.45, 2.75) is 26.7 Å². The van der Waals surface area contributed by atoms with Crippen LogP contribution >= 0.6 is 0 Å². The van der Waals surface area contributed by atoms with Crippen LogP contribution in [0.5, 0.6) is 5.75 Å². The highest BCUT2D eigenvalue weighted by Gasteiger charge is 2.29. The van der Waals surface area contributed by atoms with Gasteiger partial charge >= 0.3 is 0 Å². The van der Waals surface area contributed by atoms with Crippen molar-refractivity contribution < 1.29 is 14.3 Å². The van der Waals surface area contributed by atoms with Gasteiger partial charge in [0, 0.05) is 42.7 Å². The molecule has 0 unspecified atom stereocenters. The minimum Gasteiger partial charge on any atom is -0.497 e. The maximum atomic E-state index is 13.2. The second-order valence-electron chi connectivity index (χ2n) is 7.69. The van der Waals surface area contributed by atoms with Crippen molar-refractivity contribution in [1.82, 2.24) is 15.2 Å². The van der Waals surface area contributed by atoms with Crippen LogP contribution in [-0.4, -0.2) is 55.0 Å². The summed E-state index contributed by atoms with van der Waals surface area (Å²) >= 11 is 0. The molecule has 0 saturated heterocycles. The first-order chi connectivity index (χ1) is 14.5. The first kappa shape index (κ1) is 20.2. The third-order valence-electron chi connectivity index (χ3n) is 5.83. The van der Waals surface area contributed by atoms with Crippen LogP contribution in [0.4, 0.5) is 5.69 Å². The van der Waals surface area contributed by atoms with Gasteiger partial charge in [0.2, 0.25) is 0 Å². The molecular weight excluding hydrogens is 380 g/mol. The lowest BCUT2D eigenvalue weighted by molar-refractivity contribution is -0.110. The highest BCUT2D eigenvalue weighted by Crippen LogP contribution is 2.36. The molecule has 2 aliphatic rings. The van der Waals surface area contributed by atoms with Gasteiger partial charge in [-0.25, -0.2) is 0 Å². The van der Waals surface area contributed by atoms with Crippen molar-refractivity contribution in [1.29, 1.82) is 0 Å². The molecular formula is C23H28N4O3. The molecule has 0 spiro atoms. The number of nitrogens with zero attached hydrogens (tertiary/aromatic N) is 1. The van der Waals surface area contributed by atoms with Crippen LogP contribution in [0.2, 0.25) is 0 Å². The molecule has 0 aliphatic carbocycles. The molecule has 3 heterocycles. The van der Waals surface area contributed by atoms with Gasteiger partial charge in [0.25, 0.3) is 11.8 Å². The number of benzene rings is 1. The van der Waals surface area contributed by atoms with E-state index in [1.807, 2.05) is 36.1 Å². The van der Waals surface area contributed by atoms with Gasteiger partial charge in [0.15, 0.2) is 0 Å². The van der Waals surface area contributed by atoms with Crippen LogP contribution in [0.1, 0.15) is 46.2 Å². The number of aromatic nitrogens is 1. The third-order valence-corrected chi connectivity index (χ3v) is 5.83. The van der Waals surface area contributed by atoms with Crippen molar-refractivity contribution in [3.63, 3.8) is 0 Å². The van der Waals surface area contributed by atoms with Crippen molar-refractivity contribution in [2.24, 2.45) is 0 Å². The molecule has 2 amide bonds. The van der Waals surface area contributed by atoms with Crippen LogP contribution in [0, 0.1) is 6.92 Å². The minimum absolute atomic E-state index is 0.0693. The number of ether oxygens (including phenoxy) is 1. The van der Waals surface area contributed by atoms with Gasteiger partial charge in [-0.2, -0.15) is 0 Å². The third kappa shape index (κ3) is 3.61. The fourth-order valence-corrected chi connectivity index (χ4v) is 4.20. The first-order valence-corrected chi connectivity index (χ1v) is 10.5. The fourth-order valence-electron chi connectivity index (χ4n) is 4.20. The zero-order valence-electron chi connectivity index (χ0n) is 17.7. The van der Waals surface area contributed by atoms with Crippen LogP contribution < -0.4 is 15.4 Å². The predicted molar refractivity (Wildman–Crippen MR) is 118 cm³/mol. The van der Waals surface area contributed by atoms with E-state index in [4.69, 9.17) is 4.74 Å².